The van der Waals surface area contributed by atoms with Crippen LogP contribution in [0.5, 0.6) is 0 Å². The van der Waals surface area contributed by atoms with Gasteiger partial charge in [-0.3, -0.25) is 4.79 Å². The fourth-order valence-corrected chi connectivity index (χ4v) is 2.64. The highest BCUT2D eigenvalue weighted by Gasteiger charge is 2.25. The van der Waals surface area contributed by atoms with E-state index in [0.717, 1.165) is 23.4 Å². The van der Waals surface area contributed by atoms with Gasteiger partial charge in [0, 0.05) is 11.4 Å². The van der Waals surface area contributed by atoms with Gasteiger partial charge in [0.15, 0.2) is 0 Å². The molecule has 20 heavy (non-hydrogen) atoms. The van der Waals surface area contributed by atoms with Crippen LogP contribution in [-0.4, -0.2) is 19.1 Å². The summed E-state index contributed by atoms with van der Waals surface area (Å²) in [6, 6.07) is 8.14. The monoisotopic (exact) mass is 267 g/mol. The minimum atomic E-state index is -0.195. The summed E-state index contributed by atoms with van der Waals surface area (Å²) >= 11 is 0. The molecule has 1 aromatic rings. The Morgan fingerprint density at radius 1 is 1.35 bits per heavy atom. The smallest absolute Gasteiger partial charge is 0.325 e. The first-order valence-corrected chi connectivity index (χ1v) is 6.89. The van der Waals surface area contributed by atoms with Crippen molar-refractivity contribution >= 4 is 17.7 Å². The van der Waals surface area contributed by atoms with E-state index in [-0.39, 0.29) is 12.5 Å². The molecule has 1 aromatic carbocycles. The molecule has 0 saturated carbocycles. The Kier molecular flexibility index (Phi) is 3.42. The third-order valence-electron chi connectivity index (χ3n) is 3.50. The summed E-state index contributed by atoms with van der Waals surface area (Å²) in [5, 5.41) is 0. The predicted molar refractivity (Wildman–Crippen MR) is 80.2 cm³/mol. The maximum Gasteiger partial charge on any atom is 0.325 e. The van der Waals surface area contributed by atoms with Crippen LogP contribution in [0.15, 0.2) is 53.8 Å². The van der Waals surface area contributed by atoms with Crippen molar-refractivity contribution in [1.29, 1.82) is 0 Å². The zero-order chi connectivity index (χ0) is 13.9. The van der Waals surface area contributed by atoms with Crippen LogP contribution in [0.1, 0.15) is 18.9 Å². The van der Waals surface area contributed by atoms with Crippen molar-refractivity contribution in [3.63, 3.8) is 0 Å². The van der Waals surface area contributed by atoms with Crippen molar-refractivity contribution in [3.8, 4) is 0 Å². The van der Waals surface area contributed by atoms with E-state index < -0.39 is 0 Å². The van der Waals surface area contributed by atoms with E-state index in [1.807, 2.05) is 36.1 Å². The van der Waals surface area contributed by atoms with Crippen molar-refractivity contribution < 1.29 is 9.53 Å². The summed E-state index contributed by atoms with van der Waals surface area (Å²) in [6.45, 7) is 2.49. The lowest BCUT2D eigenvalue weighted by atomic mass is 9.94. The van der Waals surface area contributed by atoms with Crippen molar-refractivity contribution in [1.82, 2.24) is 0 Å². The van der Waals surface area contributed by atoms with Gasteiger partial charge in [0.1, 0.15) is 6.54 Å². The van der Waals surface area contributed by atoms with Gasteiger partial charge in [-0.25, -0.2) is 0 Å². The summed E-state index contributed by atoms with van der Waals surface area (Å²) in [4.78, 5) is 13.9. The van der Waals surface area contributed by atoms with Crippen LogP contribution in [-0.2, 0) is 9.53 Å². The van der Waals surface area contributed by atoms with E-state index in [0.29, 0.717) is 6.61 Å². The lowest BCUT2D eigenvalue weighted by molar-refractivity contribution is -0.141. The molecule has 0 N–H and O–H groups in total. The molecule has 0 amide bonds. The molecule has 0 radical (unpaired) electrons. The second kappa shape index (κ2) is 5.37. The number of nitrogens with zero attached hydrogens (tertiary/aromatic N) is 1. The number of carbonyl (C=O) groups excluding carboxylic acids is 1. The summed E-state index contributed by atoms with van der Waals surface area (Å²) < 4.78 is 5.09. The Hall–Kier alpha value is -2.29. The van der Waals surface area contributed by atoms with Crippen molar-refractivity contribution in [2.45, 2.75) is 13.3 Å². The second-order valence-electron chi connectivity index (χ2n) is 4.80. The molecule has 0 unspecified atom stereocenters. The number of allylic oxidation sites excluding steroid dienone is 4. The van der Waals surface area contributed by atoms with Crippen molar-refractivity contribution in [2.75, 3.05) is 18.1 Å². The van der Waals surface area contributed by atoms with Gasteiger partial charge in [-0.2, -0.15) is 0 Å². The average Bonchev–Trinajstić information content (AvgIpc) is 2.47. The molecule has 102 valence electrons. The Bertz CT molecular complexity index is 626. The Morgan fingerprint density at radius 3 is 3.05 bits per heavy atom. The molecule has 2 aliphatic rings. The molecule has 0 atom stereocenters. The quantitative estimate of drug-likeness (QED) is 0.787. The summed E-state index contributed by atoms with van der Waals surface area (Å²) in [5.74, 6) is -0.195. The second-order valence-corrected chi connectivity index (χ2v) is 4.80. The minimum absolute atomic E-state index is 0.195. The van der Waals surface area contributed by atoms with Crippen LogP contribution in [0.4, 0.5) is 5.69 Å². The number of esters is 1. The maximum atomic E-state index is 11.9. The molecular formula is C17H17NO2. The molecule has 1 aliphatic heterocycles. The first-order valence-electron chi connectivity index (χ1n) is 6.89. The SMILES string of the molecule is CCOC(=O)CN1C2=CC=CCC2=Cc2ccccc21. The van der Waals surface area contributed by atoms with E-state index in [9.17, 15) is 4.79 Å². The topological polar surface area (TPSA) is 29.5 Å². The van der Waals surface area contributed by atoms with E-state index in [1.165, 1.54) is 5.57 Å². The lowest BCUT2D eigenvalue weighted by Gasteiger charge is -2.33. The van der Waals surface area contributed by atoms with Gasteiger partial charge < -0.3 is 9.64 Å². The number of carbonyl (C=O) groups is 1. The molecule has 1 heterocycles. The van der Waals surface area contributed by atoms with Gasteiger partial charge in [-0.1, -0.05) is 30.4 Å². The third-order valence-corrected chi connectivity index (χ3v) is 3.50. The van der Waals surface area contributed by atoms with E-state index in [2.05, 4.69) is 24.3 Å². The number of fused-ring (bicyclic) bond motifs is 2. The molecule has 0 bridgehead atoms. The highest BCUT2D eigenvalue weighted by molar-refractivity contribution is 5.85. The van der Waals surface area contributed by atoms with E-state index in [1.54, 1.807) is 0 Å². The van der Waals surface area contributed by atoms with E-state index >= 15 is 0 Å². The maximum absolute atomic E-state index is 11.9. The molecule has 1 aliphatic carbocycles. The number of hydrogen-bond donors (Lipinski definition) is 0. The Morgan fingerprint density at radius 2 is 2.20 bits per heavy atom. The number of para-hydroxylation sites is 1. The number of anilines is 1. The van der Waals surface area contributed by atoms with Gasteiger partial charge in [0.25, 0.3) is 0 Å². The van der Waals surface area contributed by atoms with E-state index in [4.69, 9.17) is 4.74 Å². The normalized spacial score (nSPS) is 15.9. The number of rotatable bonds is 3. The minimum Gasteiger partial charge on any atom is -0.465 e. The van der Waals surface area contributed by atoms with Crippen LogP contribution < -0.4 is 4.90 Å². The first-order chi connectivity index (χ1) is 9.79. The van der Waals surface area contributed by atoms with Crippen LogP contribution >= 0.6 is 0 Å². The van der Waals surface area contributed by atoms with Gasteiger partial charge >= 0.3 is 5.97 Å². The summed E-state index contributed by atoms with van der Waals surface area (Å²) in [7, 11) is 0. The van der Waals surface area contributed by atoms with Gasteiger partial charge in [-0.15, -0.1) is 0 Å². The summed E-state index contributed by atoms with van der Waals surface area (Å²) in [6.07, 6.45) is 9.33. The van der Waals surface area contributed by atoms with Crippen molar-refractivity contribution in [3.05, 3.63) is 59.3 Å². The third kappa shape index (κ3) is 2.27. The number of hydrogen-bond acceptors (Lipinski definition) is 3. The fraction of sp³-hybridized carbons (Fsp3) is 0.235. The van der Waals surface area contributed by atoms with Gasteiger partial charge in [0.2, 0.25) is 0 Å². The zero-order valence-electron chi connectivity index (χ0n) is 11.5. The van der Waals surface area contributed by atoms with Crippen LogP contribution in [0.3, 0.4) is 0 Å². The molecule has 3 heteroatoms. The number of benzene rings is 1. The first kappa shape index (κ1) is 12.7. The highest BCUT2D eigenvalue weighted by Crippen LogP contribution is 2.37. The van der Waals surface area contributed by atoms with Crippen LogP contribution in [0.2, 0.25) is 0 Å². The summed E-state index contributed by atoms with van der Waals surface area (Å²) in [5.41, 5.74) is 4.56. The fourth-order valence-electron chi connectivity index (χ4n) is 2.64. The van der Waals surface area contributed by atoms with Gasteiger partial charge in [0.05, 0.1) is 6.61 Å². The van der Waals surface area contributed by atoms with Crippen LogP contribution in [0.25, 0.3) is 6.08 Å². The standard InChI is InChI=1S/C17H17NO2/c1-2-20-17(19)12-18-15-9-5-3-7-13(15)11-14-8-4-6-10-16(14)18/h3-7,9-11H,2,8,12H2,1H3. The predicted octanol–water partition coefficient (Wildman–Crippen LogP) is 3.30. The molecule has 0 spiro atoms. The Balaban J connectivity index is 2.00. The molecule has 0 fully saturated rings. The molecule has 3 nitrogen and oxygen atoms in total. The van der Waals surface area contributed by atoms with Gasteiger partial charge in [-0.05, 0) is 42.7 Å². The molecule has 3 rings (SSSR count). The zero-order valence-corrected chi connectivity index (χ0v) is 11.5. The highest BCUT2D eigenvalue weighted by atomic mass is 16.5. The van der Waals surface area contributed by atoms with Crippen molar-refractivity contribution in [2.24, 2.45) is 0 Å². The molecular weight excluding hydrogens is 250 g/mol. The molecule has 0 saturated heterocycles. The average molecular weight is 267 g/mol. The molecule has 0 aromatic heterocycles. The largest absolute Gasteiger partial charge is 0.465 e. The van der Waals surface area contributed by atoms with Crippen LogP contribution in [0, 0.1) is 0 Å². The lowest BCUT2D eigenvalue weighted by Crippen LogP contribution is -2.33. The Labute approximate surface area is 118 Å². The number of ether oxygens (including phenoxy) is 1.